The van der Waals surface area contributed by atoms with Crippen molar-refractivity contribution in [2.75, 3.05) is 0 Å². The Morgan fingerprint density at radius 1 is 0.577 bits per heavy atom. The van der Waals surface area contributed by atoms with Gasteiger partial charge in [0.1, 0.15) is 0 Å². The Morgan fingerprint density at radius 3 is 1.75 bits per heavy atom. The predicted molar refractivity (Wildman–Crippen MR) is 208 cm³/mol. The summed E-state index contributed by atoms with van der Waals surface area (Å²) in [4.78, 5) is 0. The first-order valence-corrected chi connectivity index (χ1v) is 17.6. The minimum Gasteiger partial charge on any atom is -1.00 e. The third-order valence-corrected chi connectivity index (χ3v) is 10.3. The summed E-state index contributed by atoms with van der Waals surface area (Å²) < 4.78 is 0. The molecule has 3 heteroatoms. The standard InChI is InChI=1S/C49H43.2ClH.Zr/c1-48(2,3)38-25-27-39-37(28-38)30-43-42(39)31-44(45(34-18-12-8-13-19-34)35-20-14-9-15-21-35)47(49(4,5)6)46(43)40-26-24-33-22-23-36(29-41(33)40)32-16-10-7-11-17-32;;;/h7-29,31,40H,1-6H3;2*1H;/q-1;;;+3/p-2. The molecule has 2 aliphatic rings. The van der Waals surface area contributed by atoms with Gasteiger partial charge in [-0.2, -0.15) is 0 Å². The fourth-order valence-corrected chi connectivity index (χ4v) is 7.90. The van der Waals surface area contributed by atoms with Gasteiger partial charge in [-0.25, -0.2) is 0 Å². The Hall–Kier alpha value is -3.74. The third kappa shape index (κ3) is 7.13. The minimum atomic E-state index is -0.158. The zero-order chi connectivity index (χ0) is 33.9. The van der Waals surface area contributed by atoms with E-state index in [4.69, 9.17) is 0 Å². The first-order chi connectivity index (χ1) is 23.6. The number of hydrogen-bond donors (Lipinski definition) is 0. The van der Waals surface area contributed by atoms with E-state index >= 15 is 0 Å². The first-order valence-electron chi connectivity index (χ1n) is 17.6. The van der Waals surface area contributed by atoms with Gasteiger partial charge in [0.25, 0.3) is 0 Å². The quantitative estimate of drug-likeness (QED) is 0.219. The molecule has 0 bridgehead atoms. The van der Waals surface area contributed by atoms with Crippen LogP contribution >= 0.6 is 0 Å². The van der Waals surface area contributed by atoms with Crippen molar-refractivity contribution in [2.24, 2.45) is 0 Å². The average molecular weight is 794 g/mol. The molecular formula is C49H43Cl2Zr. The van der Waals surface area contributed by atoms with E-state index in [2.05, 4.69) is 193 Å². The normalized spacial score (nSPS) is 13.8. The summed E-state index contributed by atoms with van der Waals surface area (Å²) in [6.07, 6.45) is 8.80. The van der Waals surface area contributed by atoms with Gasteiger partial charge in [0.2, 0.25) is 0 Å². The zero-order valence-electron chi connectivity index (χ0n) is 30.7. The van der Waals surface area contributed by atoms with Crippen molar-refractivity contribution in [1.29, 1.82) is 0 Å². The zero-order valence-corrected chi connectivity index (χ0v) is 34.7. The summed E-state index contributed by atoms with van der Waals surface area (Å²) in [6.45, 7) is 14.0. The first kappa shape index (κ1) is 39.5. The van der Waals surface area contributed by atoms with Gasteiger partial charge in [-0.1, -0.05) is 198 Å². The van der Waals surface area contributed by atoms with Gasteiger partial charge in [-0.05, 0) is 55.0 Å². The molecule has 6 aromatic carbocycles. The number of benzene rings is 6. The van der Waals surface area contributed by atoms with E-state index in [-0.39, 0.29) is 67.8 Å². The number of allylic oxidation sites excluding steroid dienone is 1. The molecule has 0 N–H and O–H groups in total. The summed E-state index contributed by atoms with van der Waals surface area (Å²) in [5.41, 5.74) is 16.6. The van der Waals surface area contributed by atoms with E-state index in [0.29, 0.717) is 0 Å². The van der Waals surface area contributed by atoms with E-state index in [0.717, 1.165) is 0 Å². The molecule has 52 heavy (non-hydrogen) atoms. The van der Waals surface area contributed by atoms with Gasteiger partial charge in [-0.3, -0.25) is 0 Å². The molecule has 0 aromatic heterocycles. The van der Waals surface area contributed by atoms with Crippen LogP contribution in [0, 0.1) is 0 Å². The topological polar surface area (TPSA) is 0 Å². The molecule has 0 fully saturated rings. The summed E-state index contributed by atoms with van der Waals surface area (Å²) in [5, 5.41) is 2.54. The number of fused-ring (bicyclic) bond motifs is 4. The molecule has 0 saturated heterocycles. The molecule has 0 spiro atoms. The molecular weight excluding hydrogens is 751 g/mol. The van der Waals surface area contributed by atoms with Gasteiger partial charge in [-0.15, -0.1) is 34.1 Å². The second kappa shape index (κ2) is 15.3. The summed E-state index contributed by atoms with van der Waals surface area (Å²) in [5.74, 6) is 0.0956. The van der Waals surface area contributed by atoms with Crippen LogP contribution in [0.15, 0.2) is 140 Å². The molecule has 1 atom stereocenters. The maximum atomic E-state index is 4.03. The fraction of sp³-hybridized carbons (Fsp3) is 0.184. The van der Waals surface area contributed by atoms with E-state index in [1.54, 1.807) is 0 Å². The molecule has 2 aliphatic carbocycles. The summed E-state index contributed by atoms with van der Waals surface area (Å²) >= 11 is 0. The van der Waals surface area contributed by atoms with Gasteiger partial charge in [0.15, 0.2) is 0 Å². The van der Waals surface area contributed by atoms with Crippen LogP contribution in [0.3, 0.4) is 0 Å². The van der Waals surface area contributed by atoms with Crippen LogP contribution < -0.4 is 35.3 Å². The Balaban J connectivity index is 0.00000174. The molecule has 1 unspecified atom stereocenters. The van der Waals surface area contributed by atoms with Crippen LogP contribution in [-0.2, 0) is 37.0 Å². The number of hydrogen-bond acceptors (Lipinski definition) is 0. The SMILES string of the molecule is CC(C)(C)c1ccc2c(c1)[C-]=c1c-2cc(=C(c2ccccc2)c2ccccc2)c(C(C)(C)C)c1C1C=Cc2ccc(-c3ccccc3)cc21.[Cl-].[Cl-].[Zr+3]. The molecule has 1 radical (unpaired) electrons. The molecule has 0 aliphatic heterocycles. The molecule has 0 saturated carbocycles. The molecule has 8 rings (SSSR count). The monoisotopic (exact) mass is 791 g/mol. The average Bonchev–Trinajstić information content (AvgIpc) is 3.69. The predicted octanol–water partition coefficient (Wildman–Crippen LogP) is 5.05. The van der Waals surface area contributed by atoms with Crippen molar-refractivity contribution < 1.29 is 51.0 Å². The molecule has 257 valence electrons. The van der Waals surface area contributed by atoms with Crippen LogP contribution in [-0.4, -0.2) is 0 Å². The van der Waals surface area contributed by atoms with Crippen molar-refractivity contribution in [3.05, 3.63) is 194 Å². The van der Waals surface area contributed by atoms with E-state index in [1.165, 1.54) is 82.8 Å². The van der Waals surface area contributed by atoms with E-state index in [1.807, 2.05) is 0 Å². The summed E-state index contributed by atoms with van der Waals surface area (Å²) in [7, 11) is 0. The van der Waals surface area contributed by atoms with Gasteiger partial charge < -0.3 is 24.8 Å². The number of halogens is 2. The molecule has 0 nitrogen and oxygen atoms in total. The van der Waals surface area contributed by atoms with Crippen LogP contribution in [0.5, 0.6) is 0 Å². The second-order valence-electron chi connectivity index (χ2n) is 15.7. The molecule has 0 amide bonds. The van der Waals surface area contributed by atoms with E-state index < -0.39 is 0 Å². The minimum absolute atomic E-state index is 0. The van der Waals surface area contributed by atoms with Crippen molar-refractivity contribution >= 4 is 17.7 Å². The van der Waals surface area contributed by atoms with E-state index in [9.17, 15) is 0 Å². The third-order valence-electron chi connectivity index (χ3n) is 10.3. The second-order valence-corrected chi connectivity index (χ2v) is 15.7. The van der Waals surface area contributed by atoms with Crippen LogP contribution in [0.25, 0.3) is 40.0 Å². The van der Waals surface area contributed by atoms with Crippen molar-refractivity contribution in [2.45, 2.75) is 58.3 Å². The molecule has 0 heterocycles. The van der Waals surface area contributed by atoms with Gasteiger partial charge in [0, 0.05) is 5.92 Å². The Labute approximate surface area is 341 Å². The Kier molecular flexibility index (Phi) is 11.6. The summed E-state index contributed by atoms with van der Waals surface area (Å²) in [6, 6.07) is 49.2. The Morgan fingerprint density at radius 2 is 1.17 bits per heavy atom. The van der Waals surface area contributed by atoms with Crippen molar-refractivity contribution in [3.63, 3.8) is 0 Å². The molecule has 6 aromatic rings. The van der Waals surface area contributed by atoms with Gasteiger partial charge >= 0.3 is 26.2 Å². The maximum absolute atomic E-state index is 4.03. The fourth-order valence-electron chi connectivity index (χ4n) is 7.90. The van der Waals surface area contributed by atoms with Crippen molar-refractivity contribution in [1.82, 2.24) is 0 Å². The maximum Gasteiger partial charge on any atom is 3.00 e. The van der Waals surface area contributed by atoms with Crippen LogP contribution in [0.1, 0.15) is 92.0 Å². The van der Waals surface area contributed by atoms with Gasteiger partial charge in [0.05, 0.1) is 0 Å². The number of rotatable bonds is 4. The largest absolute Gasteiger partial charge is 3.00 e. The van der Waals surface area contributed by atoms with Crippen molar-refractivity contribution in [3.8, 4) is 22.3 Å². The van der Waals surface area contributed by atoms with Crippen LogP contribution in [0.4, 0.5) is 0 Å². The van der Waals surface area contributed by atoms with Crippen LogP contribution in [0.2, 0.25) is 0 Å². The Bertz CT molecular complexity index is 2340. The smallest absolute Gasteiger partial charge is 1.00 e.